The van der Waals surface area contributed by atoms with E-state index in [4.69, 9.17) is 10.5 Å². The summed E-state index contributed by atoms with van der Waals surface area (Å²) in [4.78, 5) is 4.14. The minimum Gasteiger partial charge on any atom is -0.383 e. The predicted molar refractivity (Wildman–Crippen MR) is 102 cm³/mol. The van der Waals surface area contributed by atoms with Crippen LogP contribution in [0.3, 0.4) is 0 Å². The maximum absolute atomic E-state index is 9.42. The summed E-state index contributed by atoms with van der Waals surface area (Å²) in [6, 6.07) is 11.7. The maximum atomic E-state index is 9.42. The Balaban J connectivity index is 1.95. The summed E-state index contributed by atoms with van der Waals surface area (Å²) in [5.41, 5.74) is 8.10. The molecule has 4 N–H and O–H groups in total. The number of nitrogen functional groups attached to an aromatic ring is 1. The van der Waals surface area contributed by atoms with Crippen molar-refractivity contribution in [1.29, 1.82) is 5.26 Å². The summed E-state index contributed by atoms with van der Waals surface area (Å²) in [5.74, 6) is 1.09. The summed E-state index contributed by atoms with van der Waals surface area (Å²) in [5, 5.41) is 20.3. The number of nitrogens with two attached hydrogens (primary N) is 1. The predicted octanol–water partition coefficient (Wildman–Crippen LogP) is 1.07. The first-order valence-electron chi connectivity index (χ1n) is 8.47. The van der Waals surface area contributed by atoms with Crippen molar-refractivity contribution in [1.82, 2.24) is 20.4 Å². The number of aliphatic imine (C=N–C) groups is 1. The zero-order valence-corrected chi connectivity index (χ0v) is 15.2. The van der Waals surface area contributed by atoms with Crippen LogP contribution in [0.4, 0.5) is 5.82 Å². The fraction of sp³-hybridized carbons (Fsp3) is 0.389. The number of aromatic nitrogens is 2. The van der Waals surface area contributed by atoms with Gasteiger partial charge < -0.3 is 21.1 Å². The molecule has 0 radical (unpaired) electrons. The zero-order chi connectivity index (χ0) is 18.8. The number of hydrogen-bond donors (Lipinski definition) is 3. The molecular formula is C18H25N7O. The molecular weight excluding hydrogens is 330 g/mol. The number of anilines is 1. The van der Waals surface area contributed by atoms with Gasteiger partial charge in [0.25, 0.3) is 0 Å². The van der Waals surface area contributed by atoms with E-state index in [9.17, 15) is 5.26 Å². The molecule has 0 saturated heterocycles. The molecule has 0 saturated carbocycles. The van der Waals surface area contributed by atoms with Gasteiger partial charge in [0.1, 0.15) is 17.5 Å². The summed E-state index contributed by atoms with van der Waals surface area (Å²) in [6.45, 7) is 2.00. The number of methoxy groups -OCH3 is 1. The highest BCUT2D eigenvalue weighted by atomic mass is 16.5. The SMILES string of the molecule is CN=C(NCCCc1nn(-c2ccccc2)c(N)c1C#N)NCCOC. The van der Waals surface area contributed by atoms with E-state index in [0.29, 0.717) is 43.2 Å². The first-order chi connectivity index (χ1) is 12.7. The second-order valence-electron chi connectivity index (χ2n) is 5.59. The van der Waals surface area contributed by atoms with E-state index in [1.165, 1.54) is 0 Å². The normalized spacial score (nSPS) is 11.2. The minimum atomic E-state index is 0.374. The largest absolute Gasteiger partial charge is 0.383 e. The van der Waals surface area contributed by atoms with E-state index >= 15 is 0 Å². The van der Waals surface area contributed by atoms with E-state index in [1.54, 1.807) is 18.8 Å². The maximum Gasteiger partial charge on any atom is 0.191 e. The minimum absolute atomic E-state index is 0.374. The van der Waals surface area contributed by atoms with Gasteiger partial charge in [-0.05, 0) is 25.0 Å². The van der Waals surface area contributed by atoms with Crippen LogP contribution < -0.4 is 16.4 Å². The Kier molecular flexibility index (Phi) is 7.46. The molecule has 1 heterocycles. The highest BCUT2D eigenvalue weighted by Gasteiger charge is 2.16. The number of para-hydroxylation sites is 1. The summed E-state index contributed by atoms with van der Waals surface area (Å²) in [7, 11) is 3.38. The number of ether oxygens (including phenoxy) is 1. The average Bonchev–Trinajstić information content (AvgIpc) is 2.99. The molecule has 0 aliphatic rings. The lowest BCUT2D eigenvalue weighted by Gasteiger charge is -2.11. The van der Waals surface area contributed by atoms with E-state index < -0.39 is 0 Å². The number of guanidine groups is 1. The van der Waals surface area contributed by atoms with Crippen molar-refractivity contribution >= 4 is 11.8 Å². The molecule has 138 valence electrons. The number of benzene rings is 1. The third-order valence-electron chi connectivity index (χ3n) is 3.81. The molecule has 0 amide bonds. The van der Waals surface area contributed by atoms with Crippen LogP contribution in [0.1, 0.15) is 17.7 Å². The van der Waals surface area contributed by atoms with Gasteiger partial charge in [-0.15, -0.1) is 0 Å². The van der Waals surface area contributed by atoms with Crippen molar-refractivity contribution in [2.45, 2.75) is 12.8 Å². The monoisotopic (exact) mass is 355 g/mol. The van der Waals surface area contributed by atoms with Crippen molar-refractivity contribution in [2.24, 2.45) is 4.99 Å². The van der Waals surface area contributed by atoms with Crippen LogP contribution in [-0.2, 0) is 11.2 Å². The molecule has 8 nitrogen and oxygen atoms in total. The Morgan fingerprint density at radius 1 is 1.31 bits per heavy atom. The molecule has 1 aromatic heterocycles. The first-order valence-corrected chi connectivity index (χ1v) is 8.47. The lowest BCUT2D eigenvalue weighted by molar-refractivity contribution is 0.203. The van der Waals surface area contributed by atoms with Crippen LogP contribution in [-0.4, -0.2) is 49.6 Å². The van der Waals surface area contributed by atoms with E-state index in [0.717, 1.165) is 18.1 Å². The lowest BCUT2D eigenvalue weighted by atomic mass is 10.1. The fourth-order valence-electron chi connectivity index (χ4n) is 2.50. The van der Waals surface area contributed by atoms with Crippen LogP contribution in [0, 0.1) is 11.3 Å². The van der Waals surface area contributed by atoms with Gasteiger partial charge >= 0.3 is 0 Å². The number of hydrogen-bond acceptors (Lipinski definition) is 5. The second kappa shape index (κ2) is 10.1. The molecule has 1 aromatic carbocycles. The molecule has 8 heteroatoms. The highest BCUT2D eigenvalue weighted by molar-refractivity contribution is 5.79. The van der Waals surface area contributed by atoms with Gasteiger partial charge in [0, 0.05) is 27.2 Å². The number of aryl methyl sites for hydroxylation is 1. The smallest absolute Gasteiger partial charge is 0.191 e. The van der Waals surface area contributed by atoms with Gasteiger partial charge in [0.05, 0.1) is 18.0 Å². The Bertz CT molecular complexity index is 762. The molecule has 2 rings (SSSR count). The molecule has 0 aliphatic carbocycles. The molecule has 0 unspecified atom stereocenters. The van der Waals surface area contributed by atoms with Gasteiger partial charge in [-0.1, -0.05) is 18.2 Å². The van der Waals surface area contributed by atoms with Gasteiger partial charge in [-0.25, -0.2) is 4.68 Å². The Labute approximate surface area is 153 Å². The van der Waals surface area contributed by atoms with E-state index in [2.05, 4.69) is 26.8 Å². The fourth-order valence-corrected chi connectivity index (χ4v) is 2.50. The van der Waals surface area contributed by atoms with Crippen molar-refractivity contribution in [3.8, 4) is 11.8 Å². The topological polar surface area (TPSA) is 113 Å². The first kappa shape index (κ1) is 19.3. The molecule has 0 aliphatic heterocycles. The Morgan fingerprint density at radius 2 is 2.04 bits per heavy atom. The van der Waals surface area contributed by atoms with Gasteiger partial charge in [-0.3, -0.25) is 4.99 Å². The van der Waals surface area contributed by atoms with Crippen molar-refractivity contribution < 1.29 is 4.74 Å². The summed E-state index contributed by atoms with van der Waals surface area (Å²) in [6.07, 6.45) is 1.44. The van der Waals surface area contributed by atoms with Crippen molar-refractivity contribution in [2.75, 3.05) is 39.6 Å². The molecule has 0 bridgehead atoms. The zero-order valence-electron chi connectivity index (χ0n) is 15.2. The van der Waals surface area contributed by atoms with Crippen LogP contribution in [0.25, 0.3) is 5.69 Å². The van der Waals surface area contributed by atoms with Crippen molar-refractivity contribution in [3.05, 3.63) is 41.6 Å². The summed E-state index contributed by atoms with van der Waals surface area (Å²) < 4.78 is 6.62. The van der Waals surface area contributed by atoms with Crippen LogP contribution in [0.15, 0.2) is 35.3 Å². The Hall–Kier alpha value is -3.05. The standard InChI is InChI=1S/C18H25N7O/c1-21-18(23-11-12-26-2)22-10-6-9-16-15(13-19)17(20)25(24-16)14-7-4-3-5-8-14/h3-5,7-8H,6,9-12,20H2,1-2H3,(H2,21,22,23). The van der Waals surface area contributed by atoms with Gasteiger partial charge in [0.15, 0.2) is 5.96 Å². The van der Waals surface area contributed by atoms with Crippen molar-refractivity contribution in [3.63, 3.8) is 0 Å². The molecule has 0 spiro atoms. The molecule has 0 atom stereocenters. The molecule has 0 fully saturated rings. The van der Waals surface area contributed by atoms with Gasteiger partial charge in [0.2, 0.25) is 0 Å². The van der Waals surface area contributed by atoms with E-state index in [-0.39, 0.29) is 0 Å². The average molecular weight is 355 g/mol. The number of nitrogens with one attached hydrogen (secondary N) is 2. The quantitative estimate of drug-likeness (QED) is 0.371. The number of nitrogens with zero attached hydrogens (tertiary/aromatic N) is 4. The molecule has 26 heavy (non-hydrogen) atoms. The van der Waals surface area contributed by atoms with Gasteiger partial charge in [-0.2, -0.15) is 10.4 Å². The van der Waals surface area contributed by atoms with Crippen LogP contribution in [0.5, 0.6) is 0 Å². The van der Waals surface area contributed by atoms with Crippen LogP contribution in [0.2, 0.25) is 0 Å². The third-order valence-corrected chi connectivity index (χ3v) is 3.81. The highest BCUT2D eigenvalue weighted by Crippen LogP contribution is 2.21. The molecule has 2 aromatic rings. The number of rotatable bonds is 8. The summed E-state index contributed by atoms with van der Waals surface area (Å²) >= 11 is 0. The lowest BCUT2D eigenvalue weighted by Crippen LogP contribution is -2.39. The van der Waals surface area contributed by atoms with E-state index in [1.807, 2.05) is 30.3 Å². The van der Waals surface area contributed by atoms with Crippen LogP contribution >= 0.6 is 0 Å². The number of nitriles is 1. The Morgan fingerprint density at radius 3 is 2.69 bits per heavy atom. The second-order valence-corrected chi connectivity index (χ2v) is 5.59. The third kappa shape index (κ3) is 4.97.